The molecule has 0 saturated carbocycles. The van der Waals surface area contributed by atoms with Gasteiger partial charge < -0.3 is 0 Å². The summed E-state index contributed by atoms with van der Waals surface area (Å²) in [4.78, 5) is 3.90. The maximum Gasteiger partial charge on any atom is 0.0270 e. The fourth-order valence-corrected chi connectivity index (χ4v) is 0.937. The minimum atomic E-state index is 0. The predicted molar refractivity (Wildman–Crippen MR) is 49.0 cm³/mol. The van der Waals surface area contributed by atoms with Crippen molar-refractivity contribution in [2.75, 3.05) is 5.75 Å². The molecule has 1 aromatic heterocycles. The van der Waals surface area contributed by atoms with E-state index in [2.05, 4.69) is 17.6 Å². The standard InChI is InChI=1S/C7H9NS.ClH/c9-6-3-7-1-4-8-5-2-7;/h1-2,4-5,9H,3,6H2;1H. The number of aromatic nitrogens is 1. The van der Waals surface area contributed by atoms with Gasteiger partial charge in [-0.2, -0.15) is 12.6 Å². The molecule has 0 unspecified atom stereocenters. The molecule has 1 nitrogen and oxygen atoms in total. The lowest BCUT2D eigenvalue weighted by atomic mass is 10.2. The zero-order valence-electron chi connectivity index (χ0n) is 5.53. The Bertz CT molecular complexity index is 167. The van der Waals surface area contributed by atoms with Crippen LogP contribution in [-0.2, 0) is 6.42 Å². The van der Waals surface area contributed by atoms with Gasteiger partial charge in [0.15, 0.2) is 0 Å². The quantitative estimate of drug-likeness (QED) is 0.679. The van der Waals surface area contributed by atoms with Gasteiger partial charge in [-0.1, -0.05) is 0 Å². The normalized spacial score (nSPS) is 8.50. The Morgan fingerprint density at radius 2 is 1.90 bits per heavy atom. The smallest absolute Gasteiger partial charge is 0.0270 e. The summed E-state index contributed by atoms with van der Waals surface area (Å²) in [5, 5.41) is 0. The van der Waals surface area contributed by atoms with Crippen LogP contribution < -0.4 is 0 Å². The number of pyridine rings is 1. The molecule has 1 rings (SSSR count). The van der Waals surface area contributed by atoms with Crippen LogP contribution in [0.2, 0.25) is 0 Å². The third kappa shape index (κ3) is 3.08. The molecule has 0 aliphatic heterocycles. The van der Waals surface area contributed by atoms with Crippen LogP contribution in [0, 0.1) is 0 Å². The van der Waals surface area contributed by atoms with Crippen molar-refractivity contribution in [1.29, 1.82) is 0 Å². The van der Waals surface area contributed by atoms with Crippen molar-refractivity contribution in [3.05, 3.63) is 30.1 Å². The Morgan fingerprint density at radius 1 is 1.30 bits per heavy atom. The summed E-state index contributed by atoms with van der Waals surface area (Å²) < 4.78 is 0. The number of halogens is 1. The highest BCUT2D eigenvalue weighted by molar-refractivity contribution is 7.80. The molecule has 10 heavy (non-hydrogen) atoms. The van der Waals surface area contributed by atoms with E-state index in [4.69, 9.17) is 0 Å². The van der Waals surface area contributed by atoms with Crippen LogP contribution in [0.4, 0.5) is 0 Å². The maximum absolute atomic E-state index is 4.11. The van der Waals surface area contributed by atoms with Gasteiger partial charge in [0, 0.05) is 12.4 Å². The molecule has 0 amide bonds. The van der Waals surface area contributed by atoms with Gasteiger partial charge in [-0.3, -0.25) is 4.98 Å². The Hall–Kier alpha value is -0.210. The van der Waals surface area contributed by atoms with Gasteiger partial charge in [0.25, 0.3) is 0 Å². The number of nitrogens with zero attached hydrogens (tertiary/aromatic N) is 1. The topological polar surface area (TPSA) is 12.9 Å². The molecule has 0 aliphatic rings. The van der Waals surface area contributed by atoms with Crippen LogP contribution in [0.1, 0.15) is 5.56 Å². The van der Waals surface area contributed by atoms with E-state index >= 15 is 0 Å². The SMILES string of the molecule is Cl.SCCc1ccncc1. The van der Waals surface area contributed by atoms with E-state index in [1.807, 2.05) is 12.1 Å². The van der Waals surface area contributed by atoms with Crippen molar-refractivity contribution in [1.82, 2.24) is 4.98 Å². The molecular weight excluding hydrogens is 166 g/mol. The Kier molecular flexibility index (Phi) is 5.45. The van der Waals surface area contributed by atoms with Crippen molar-refractivity contribution in [2.45, 2.75) is 6.42 Å². The summed E-state index contributed by atoms with van der Waals surface area (Å²) in [6.45, 7) is 0. The first-order chi connectivity index (χ1) is 4.43. The lowest BCUT2D eigenvalue weighted by molar-refractivity contribution is 1.14. The van der Waals surface area contributed by atoms with E-state index in [-0.39, 0.29) is 12.4 Å². The van der Waals surface area contributed by atoms with Crippen LogP contribution in [-0.4, -0.2) is 10.7 Å². The predicted octanol–water partition coefficient (Wildman–Crippen LogP) is 1.98. The van der Waals surface area contributed by atoms with Gasteiger partial charge in [-0.15, -0.1) is 12.4 Å². The average molecular weight is 176 g/mol. The Labute approximate surface area is 72.7 Å². The first kappa shape index (κ1) is 9.79. The summed E-state index contributed by atoms with van der Waals surface area (Å²) in [6.07, 6.45) is 4.64. The molecule has 0 fully saturated rings. The molecular formula is C7H10ClNS. The Morgan fingerprint density at radius 3 is 2.40 bits per heavy atom. The second-order valence-corrected chi connectivity index (χ2v) is 2.28. The maximum atomic E-state index is 4.11. The average Bonchev–Trinajstić information content (AvgIpc) is 1.91. The molecule has 0 spiro atoms. The summed E-state index contributed by atoms with van der Waals surface area (Å²) in [5.41, 5.74) is 1.31. The van der Waals surface area contributed by atoms with E-state index in [1.54, 1.807) is 12.4 Å². The first-order valence-electron chi connectivity index (χ1n) is 2.93. The highest BCUT2D eigenvalue weighted by Crippen LogP contribution is 1.97. The molecule has 0 bridgehead atoms. The highest BCUT2D eigenvalue weighted by Gasteiger charge is 1.85. The first-order valence-corrected chi connectivity index (χ1v) is 3.56. The van der Waals surface area contributed by atoms with Crippen molar-refractivity contribution in [3.63, 3.8) is 0 Å². The largest absolute Gasteiger partial charge is 0.265 e. The van der Waals surface area contributed by atoms with Gasteiger partial charge in [0.05, 0.1) is 0 Å². The Balaban J connectivity index is 0.000000810. The molecule has 0 saturated heterocycles. The minimum Gasteiger partial charge on any atom is -0.265 e. The number of hydrogen-bond donors (Lipinski definition) is 1. The zero-order chi connectivity index (χ0) is 6.53. The van der Waals surface area contributed by atoms with Crippen LogP contribution in [0.5, 0.6) is 0 Å². The second kappa shape index (κ2) is 5.57. The summed E-state index contributed by atoms with van der Waals surface area (Å²) in [5.74, 6) is 0.907. The van der Waals surface area contributed by atoms with E-state index in [0.717, 1.165) is 12.2 Å². The van der Waals surface area contributed by atoms with Gasteiger partial charge in [-0.25, -0.2) is 0 Å². The van der Waals surface area contributed by atoms with E-state index in [9.17, 15) is 0 Å². The van der Waals surface area contributed by atoms with Crippen LogP contribution >= 0.6 is 25.0 Å². The van der Waals surface area contributed by atoms with Crippen molar-refractivity contribution in [3.8, 4) is 0 Å². The summed E-state index contributed by atoms with van der Waals surface area (Å²) in [6, 6.07) is 4.02. The fraction of sp³-hybridized carbons (Fsp3) is 0.286. The third-order valence-corrected chi connectivity index (χ3v) is 1.37. The monoisotopic (exact) mass is 175 g/mol. The van der Waals surface area contributed by atoms with Gasteiger partial charge in [0.2, 0.25) is 0 Å². The van der Waals surface area contributed by atoms with Crippen LogP contribution in [0.3, 0.4) is 0 Å². The fourth-order valence-electron chi connectivity index (χ4n) is 0.679. The van der Waals surface area contributed by atoms with Crippen molar-refractivity contribution < 1.29 is 0 Å². The number of aryl methyl sites for hydroxylation is 1. The lowest BCUT2D eigenvalue weighted by Gasteiger charge is -1.92. The molecule has 3 heteroatoms. The van der Waals surface area contributed by atoms with Gasteiger partial charge >= 0.3 is 0 Å². The lowest BCUT2D eigenvalue weighted by Crippen LogP contribution is -1.84. The highest BCUT2D eigenvalue weighted by atomic mass is 35.5. The van der Waals surface area contributed by atoms with Crippen LogP contribution in [0.15, 0.2) is 24.5 Å². The van der Waals surface area contributed by atoms with E-state index in [0.29, 0.717) is 0 Å². The van der Waals surface area contributed by atoms with E-state index < -0.39 is 0 Å². The molecule has 0 atom stereocenters. The number of rotatable bonds is 2. The molecule has 1 heterocycles. The molecule has 1 aromatic rings. The molecule has 56 valence electrons. The minimum absolute atomic E-state index is 0. The van der Waals surface area contributed by atoms with Crippen LogP contribution in [0.25, 0.3) is 0 Å². The van der Waals surface area contributed by atoms with Crippen molar-refractivity contribution >= 4 is 25.0 Å². The van der Waals surface area contributed by atoms with E-state index in [1.165, 1.54) is 5.56 Å². The zero-order valence-corrected chi connectivity index (χ0v) is 7.24. The number of hydrogen-bond acceptors (Lipinski definition) is 2. The van der Waals surface area contributed by atoms with Gasteiger partial charge in [0.1, 0.15) is 0 Å². The molecule has 0 radical (unpaired) electrons. The number of thiol groups is 1. The molecule has 0 aliphatic carbocycles. The third-order valence-electron chi connectivity index (χ3n) is 1.15. The molecule has 0 aromatic carbocycles. The molecule has 0 N–H and O–H groups in total. The summed E-state index contributed by atoms with van der Waals surface area (Å²) >= 11 is 4.11. The second-order valence-electron chi connectivity index (χ2n) is 1.83. The van der Waals surface area contributed by atoms with Gasteiger partial charge in [-0.05, 0) is 29.9 Å². The van der Waals surface area contributed by atoms with Crippen molar-refractivity contribution in [2.24, 2.45) is 0 Å². The summed E-state index contributed by atoms with van der Waals surface area (Å²) in [7, 11) is 0.